The summed E-state index contributed by atoms with van der Waals surface area (Å²) in [6.45, 7) is 1.43. The number of para-hydroxylation sites is 2. The van der Waals surface area contributed by atoms with Gasteiger partial charge in [0.15, 0.2) is 0 Å². The maximum atomic E-state index is 7.32. The van der Waals surface area contributed by atoms with Gasteiger partial charge in [-0.25, -0.2) is 4.98 Å². The van der Waals surface area contributed by atoms with E-state index < -0.39 is 0 Å². The first kappa shape index (κ1) is 9.56. The third-order valence-corrected chi connectivity index (χ3v) is 1.54. The predicted molar refractivity (Wildman–Crippen MR) is 52.4 cm³/mol. The molecule has 0 spiro atoms. The van der Waals surface area contributed by atoms with E-state index in [1.165, 1.54) is 6.92 Å². The molecule has 0 aliphatic heterocycles. The van der Waals surface area contributed by atoms with Crippen LogP contribution in [-0.4, -0.2) is 9.97 Å². The van der Waals surface area contributed by atoms with Crippen molar-refractivity contribution in [1.29, 1.82) is 5.26 Å². The van der Waals surface area contributed by atoms with Gasteiger partial charge in [0.2, 0.25) is 5.28 Å². The molecule has 0 aliphatic rings. The number of rotatable bonds is 0. The number of imidazole rings is 1. The number of aromatic amines is 1. The molecule has 1 aromatic heterocycles. The Hall–Kier alpha value is -1.53. The smallest absolute Gasteiger partial charge is 0.201 e. The SMILES string of the molecule is CC#N.Clc1nc2ccccc2[nH]1. The van der Waals surface area contributed by atoms with Gasteiger partial charge in [0, 0.05) is 6.92 Å². The minimum atomic E-state index is 0.446. The molecule has 0 saturated heterocycles. The van der Waals surface area contributed by atoms with E-state index >= 15 is 0 Å². The van der Waals surface area contributed by atoms with Crippen LogP contribution in [0.25, 0.3) is 11.0 Å². The van der Waals surface area contributed by atoms with Crippen LogP contribution in [0, 0.1) is 11.3 Å². The molecule has 0 aliphatic carbocycles. The van der Waals surface area contributed by atoms with E-state index in [1.54, 1.807) is 6.07 Å². The third kappa shape index (κ3) is 2.46. The normalized spacial score (nSPS) is 8.69. The summed E-state index contributed by atoms with van der Waals surface area (Å²) >= 11 is 5.62. The molecule has 2 aromatic rings. The van der Waals surface area contributed by atoms with E-state index in [0.717, 1.165) is 11.0 Å². The van der Waals surface area contributed by atoms with E-state index in [-0.39, 0.29) is 0 Å². The van der Waals surface area contributed by atoms with Crippen molar-refractivity contribution in [3.63, 3.8) is 0 Å². The molecule has 3 nitrogen and oxygen atoms in total. The lowest BCUT2D eigenvalue weighted by atomic mass is 10.3. The molecular weight excluding hydrogens is 186 g/mol. The molecule has 66 valence electrons. The number of hydrogen-bond donors (Lipinski definition) is 1. The minimum absolute atomic E-state index is 0.446. The van der Waals surface area contributed by atoms with Gasteiger partial charge < -0.3 is 4.98 Å². The molecule has 1 heterocycles. The summed E-state index contributed by atoms with van der Waals surface area (Å²) in [4.78, 5) is 6.94. The molecular formula is C9H8ClN3. The fourth-order valence-electron chi connectivity index (χ4n) is 0.922. The molecule has 13 heavy (non-hydrogen) atoms. The third-order valence-electron chi connectivity index (χ3n) is 1.36. The van der Waals surface area contributed by atoms with Crippen LogP contribution < -0.4 is 0 Å². The van der Waals surface area contributed by atoms with Gasteiger partial charge in [0.25, 0.3) is 0 Å². The summed E-state index contributed by atoms with van der Waals surface area (Å²) in [6, 6.07) is 9.47. The van der Waals surface area contributed by atoms with Crippen molar-refractivity contribution in [3.8, 4) is 6.07 Å². The van der Waals surface area contributed by atoms with Gasteiger partial charge in [0.05, 0.1) is 17.1 Å². The van der Waals surface area contributed by atoms with Crippen LogP contribution in [-0.2, 0) is 0 Å². The zero-order valence-corrected chi connectivity index (χ0v) is 7.84. The zero-order valence-electron chi connectivity index (χ0n) is 7.08. The quantitative estimate of drug-likeness (QED) is 0.700. The molecule has 0 unspecified atom stereocenters. The van der Waals surface area contributed by atoms with E-state index in [2.05, 4.69) is 9.97 Å². The Labute approximate surface area is 81.0 Å². The Morgan fingerprint density at radius 2 is 2.08 bits per heavy atom. The lowest BCUT2D eigenvalue weighted by Crippen LogP contribution is -1.63. The molecule has 0 radical (unpaired) electrons. The first-order valence-electron chi connectivity index (χ1n) is 3.69. The first-order valence-corrected chi connectivity index (χ1v) is 4.07. The largest absolute Gasteiger partial charge is 0.329 e. The van der Waals surface area contributed by atoms with Gasteiger partial charge in [-0.05, 0) is 23.7 Å². The van der Waals surface area contributed by atoms with E-state index in [0.29, 0.717) is 5.28 Å². The van der Waals surface area contributed by atoms with Crippen LogP contribution in [0.15, 0.2) is 24.3 Å². The summed E-state index contributed by atoms with van der Waals surface area (Å²) in [7, 11) is 0. The highest BCUT2D eigenvalue weighted by Crippen LogP contribution is 2.12. The predicted octanol–water partition coefficient (Wildman–Crippen LogP) is 2.75. The number of halogens is 1. The van der Waals surface area contributed by atoms with Gasteiger partial charge in [-0.15, -0.1) is 0 Å². The highest BCUT2D eigenvalue weighted by atomic mass is 35.5. The van der Waals surface area contributed by atoms with Crippen molar-refractivity contribution < 1.29 is 0 Å². The number of nitrogens with one attached hydrogen (secondary N) is 1. The lowest BCUT2D eigenvalue weighted by Gasteiger charge is -1.81. The molecule has 0 fully saturated rings. The van der Waals surface area contributed by atoms with E-state index in [9.17, 15) is 0 Å². The Morgan fingerprint density at radius 1 is 1.46 bits per heavy atom. The number of aromatic nitrogens is 2. The summed E-state index contributed by atoms with van der Waals surface area (Å²) in [6.07, 6.45) is 0. The Morgan fingerprint density at radius 3 is 2.69 bits per heavy atom. The van der Waals surface area contributed by atoms with Crippen molar-refractivity contribution in [1.82, 2.24) is 9.97 Å². The van der Waals surface area contributed by atoms with E-state index in [1.807, 2.05) is 24.3 Å². The molecule has 1 aromatic carbocycles. The second-order valence-corrected chi connectivity index (χ2v) is 2.63. The second kappa shape index (κ2) is 4.48. The van der Waals surface area contributed by atoms with Crippen LogP contribution in [0.2, 0.25) is 5.28 Å². The van der Waals surface area contributed by atoms with Gasteiger partial charge in [-0.3, -0.25) is 0 Å². The van der Waals surface area contributed by atoms with Crippen LogP contribution in [0.5, 0.6) is 0 Å². The molecule has 1 N–H and O–H groups in total. The average molecular weight is 194 g/mol. The Balaban J connectivity index is 0.000000251. The van der Waals surface area contributed by atoms with Gasteiger partial charge in [0.1, 0.15) is 0 Å². The molecule has 0 saturated carbocycles. The van der Waals surface area contributed by atoms with Crippen molar-refractivity contribution in [2.24, 2.45) is 0 Å². The van der Waals surface area contributed by atoms with E-state index in [4.69, 9.17) is 16.9 Å². The number of fused-ring (bicyclic) bond motifs is 1. The van der Waals surface area contributed by atoms with Crippen molar-refractivity contribution in [3.05, 3.63) is 29.5 Å². The van der Waals surface area contributed by atoms with Gasteiger partial charge in [-0.2, -0.15) is 5.26 Å². The molecule has 2 rings (SSSR count). The Kier molecular flexibility index (Phi) is 3.30. The van der Waals surface area contributed by atoms with Crippen LogP contribution in [0.1, 0.15) is 6.92 Å². The van der Waals surface area contributed by atoms with Crippen LogP contribution in [0.4, 0.5) is 0 Å². The molecule has 0 amide bonds. The Bertz CT molecular complexity index is 395. The maximum absolute atomic E-state index is 7.32. The summed E-state index contributed by atoms with van der Waals surface area (Å²) in [5, 5.41) is 7.76. The first-order chi connectivity index (χ1) is 6.27. The minimum Gasteiger partial charge on any atom is -0.329 e. The highest BCUT2D eigenvalue weighted by Gasteiger charge is 1.95. The van der Waals surface area contributed by atoms with Crippen LogP contribution in [0.3, 0.4) is 0 Å². The fourth-order valence-corrected chi connectivity index (χ4v) is 1.11. The highest BCUT2D eigenvalue weighted by molar-refractivity contribution is 6.29. The molecule has 0 bridgehead atoms. The van der Waals surface area contributed by atoms with Crippen molar-refractivity contribution in [2.45, 2.75) is 6.92 Å². The molecule has 0 atom stereocenters. The molecule has 4 heteroatoms. The summed E-state index contributed by atoms with van der Waals surface area (Å²) < 4.78 is 0. The van der Waals surface area contributed by atoms with Gasteiger partial charge in [-0.1, -0.05) is 12.1 Å². The summed E-state index contributed by atoms with van der Waals surface area (Å²) in [5.74, 6) is 0. The lowest BCUT2D eigenvalue weighted by molar-refractivity contribution is 1.34. The summed E-state index contributed by atoms with van der Waals surface area (Å²) in [5.41, 5.74) is 1.89. The average Bonchev–Trinajstić information content (AvgIpc) is 2.45. The van der Waals surface area contributed by atoms with Crippen molar-refractivity contribution >= 4 is 22.6 Å². The number of benzene rings is 1. The number of hydrogen-bond acceptors (Lipinski definition) is 2. The van der Waals surface area contributed by atoms with Crippen molar-refractivity contribution in [2.75, 3.05) is 0 Å². The topological polar surface area (TPSA) is 52.5 Å². The standard InChI is InChI=1S/C7H5ClN2.C2H3N/c8-7-9-5-3-1-2-4-6(5)10-7;1-2-3/h1-4H,(H,9,10);1H3. The fraction of sp³-hybridized carbons (Fsp3) is 0.111. The monoisotopic (exact) mass is 193 g/mol. The van der Waals surface area contributed by atoms with Crippen LogP contribution >= 0.6 is 11.6 Å². The second-order valence-electron chi connectivity index (χ2n) is 2.27. The number of H-pyrrole nitrogens is 1. The maximum Gasteiger partial charge on any atom is 0.201 e. The number of nitrogens with zero attached hydrogens (tertiary/aromatic N) is 2. The zero-order chi connectivity index (χ0) is 9.68. The van der Waals surface area contributed by atoms with Gasteiger partial charge >= 0.3 is 0 Å². The number of nitriles is 1.